The average Bonchev–Trinajstić information content (AvgIpc) is 3.07. The summed E-state index contributed by atoms with van der Waals surface area (Å²) in [6, 6.07) is 35.2. The number of benzene rings is 5. The van der Waals surface area contributed by atoms with Crippen LogP contribution in [0.2, 0.25) is 10.0 Å². The highest BCUT2D eigenvalue weighted by molar-refractivity contribution is 8.00. The standard InChI is InChI=1S/C36H26Cl2FN3O3S/c37-30-20-17-28(22-31(30)38)41-36(45)33(24-7-3-1-4-8-24)46-29-18-15-27(16-19-29)40-35(44)32(21-23-11-13-26(39)14-12-23)42-34(43)25-9-5-2-6-10-25/h1-22,33H,(H,40,44)(H,41,45)(H,42,43)/b32-21-. The predicted molar refractivity (Wildman–Crippen MR) is 183 cm³/mol. The number of carbonyl (C=O) groups excluding carboxylic acids is 3. The topological polar surface area (TPSA) is 87.3 Å². The van der Waals surface area contributed by atoms with Crippen molar-refractivity contribution in [1.82, 2.24) is 5.32 Å². The van der Waals surface area contributed by atoms with Crippen molar-refractivity contribution < 1.29 is 18.8 Å². The van der Waals surface area contributed by atoms with Gasteiger partial charge in [0.25, 0.3) is 11.8 Å². The predicted octanol–water partition coefficient (Wildman–Crippen LogP) is 9.01. The van der Waals surface area contributed by atoms with E-state index in [2.05, 4.69) is 16.0 Å². The third-order valence-corrected chi connectivity index (χ3v) is 8.61. The third kappa shape index (κ3) is 8.85. The molecule has 46 heavy (non-hydrogen) atoms. The Labute approximate surface area is 279 Å². The molecule has 0 aromatic heterocycles. The quantitative estimate of drug-likeness (QED) is 0.102. The van der Waals surface area contributed by atoms with Crippen LogP contribution in [-0.2, 0) is 9.59 Å². The molecule has 0 spiro atoms. The molecule has 0 heterocycles. The summed E-state index contributed by atoms with van der Waals surface area (Å²) in [6.45, 7) is 0. The molecule has 0 aliphatic heterocycles. The van der Waals surface area contributed by atoms with Crippen molar-refractivity contribution in [2.45, 2.75) is 10.1 Å². The fraction of sp³-hybridized carbons (Fsp3) is 0.0278. The Bertz CT molecular complexity index is 1870. The summed E-state index contributed by atoms with van der Waals surface area (Å²) in [7, 11) is 0. The molecule has 5 aromatic carbocycles. The minimum Gasteiger partial charge on any atom is -0.325 e. The molecule has 0 aliphatic carbocycles. The minimum atomic E-state index is -0.602. The normalized spacial score (nSPS) is 11.8. The van der Waals surface area contributed by atoms with Gasteiger partial charge in [-0.2, -0.15) is 0 Å². The van der Waals surface area contributed by atoms with Gasteiger partial charge in [0.15, 0.2) is 0 Å². The molecule has 5 aromatic rings. The van der Waals surface area contributed by atoms with Crippen LogP contribution in [0.5, 0.6) is 0 Å². The maximum absolute atomic E-state index is 13.5. The monoisotopic (exact) mass is 669 g/mol. The summed E-state index contributed by atoms with van der Waals surface area (Å²) < 4.78 is 13.5. The molecule has 3 amide bonds. The Morgan fingerprint density at radius 3 is 1.98 bits per heavy atom. The van der Waals surface area contributed by atoms with Crippen molar-refractivity contribution in [2.75, 3.05) is 10.6 Å². The van der Waals surface area contributed by atoms with E-state index in [1.165, 1.54) is 42.1 Å². The van der Waals surface area contributed by atoms with Crippen molar-refractivity contribution in [3.8, 4) is 0 Å². The smallest absolute Gasteiger partial charge is 0.272 e. The van der Waals surface area contributed by atoms with Gasteiger partial charge in [-0.3, -0.25) is 14.4 Å². The second-order valence-electron chi connectivity index (χ2n) is 9.93. The van der Waals surface area contributed by atoms with Crippen LogP contribution in [-0.4, -0.2) is 17.7 Å². The molecule has 0 fully saturated rings. The lowest BCUT2D eigenvalue weighted by Gasteiger charge is -2.18. The second kappa shape index (κ2) is 15.4. The number of hydrogen-bond donors (Lipinski definition) is 3. The molecule has 10 heteroatoms. The van der Waals surface area contributed by atoms with Gasteiger partial charge in [-0.1, -0.05) is 83.9 Å². The summed E-state index contributed by atoms with van der Waals surface area (Å²) >= 11 is 13.5. The number of amides is 3. The molecule has 230 valence electrons. The molecule has 0 saturated carbocycles. The van der Waals surface area contributed by atoms with Gasteiger partial charge in [-0.25, -0.2) is 4.39 Å². The number of rotatable bonds is 10. The molecule has 0 aliphatic rings. The highest BCUT2D eigenvalue weighted by Crippen LogP contribution is 2.37. The summed E-state index contributed by atoms with van der Waals surface area (Å²) in [5, 5.41) is 8.49. The Morgan fingerprint density at radius 1 is 0.696 bits per heavy atom. The van der Waals surface area contributed by atoms with Gasteiger partial charge in [-0.15, -0.1) is 11.8 Å². The molecule has 0 radical (unpaired) electrons. The Kier molecular flexibility index (Phi) is 10.9. The zero-order valence-electron chi connectivity index (χ0n) is 24.0. The third-order valence-electron chi connectivity index (χ3n) is 6.60. The zero-order chi connectivity index (χ0) is 32.5. The van der Waals surface area contributed by atoms with Crippen LogP contribution >= 0.6 is 35.0 Å². The summed E-state index contributed by atoms with van der Waals surface area (Å²) in [5.74, 6) is -1.72. The highest BCUT2D eigenvalue weighted by atomic mass is 35.5. The molecule has 5 rings (SSSR count). The first-order valence-electron chi connectivity index (χ1n) is 14.0. The molecule has 6 nitrogen and oxygen atoms in total. The van der Waals surface area contributed by atoms with E-state index >= 15 is 0 Å². The fourth-order valence-corrected chi connectivity index (χ4v) is 5.62. The van der Waals surface area contributed by atoms with Gasteiger partial charge in [0, 0.05) is 21.8 Å². The average molecular weight is 671 g/mol. The summed E-state index contributed by atoms with van der Waals surface area (Å²) in [4.78, 5) is 40.5. The van der Waals surface area contributed by atoms with E-state index in [4.69, 9.17) is 23.2 Å². The molecular weight excluding hydrogens is 644 g/mol. The first kappa shape index (κ1) is 32.5. The van der Waals surface area contributed by atoms with Gasteiger partial charge in [0.2, 0.25) is 5.91 Å². The molecule has 0 bridgehead atoms. The van der Waals surface area contributed by atoms with Crippen LogP contribution in [0.1, 0.15) is 26.7 Å². The molecule has 1 atom stereocenters. The summed E-state index contributed by atoms with van der Waals surface area (Å²) in [6.07, 6.45) is 1.47. The van der Waals surface area contributed by atoms with Gasteiger partial charge < -0.3 is 16.0 Å². The van der Waals surface area contributed by atoms with E-state index in [9.17, 15) is 18.8 Å². The Morgan fingerprint density at radius 2 is 1.33 bits per heavy atom. The lowest BCUT2D eigenvalue weighted by molar-refractivity contribution is -0.116. The van der Waals surface area contributed by atoms with Gasteiger partial charge >= 0.3 is 0 Å². The minimum absolute atomic E-state index is 0.0259. The Balaban J connectivity index is 1.32. The number of nitrogens with one attached hydrogen (secondary N) is 3. The SMILES string of the molecule is O=C(Nc1ccc(SC(C(=O)Nc2ccc(Cl)c(Cl)c2)c2ccccc2)cc1)/C(=C/c1ccc(F)cc1)NC(=O)c1ccccc1. The van der Waals surface area contributed by atoms with Crippen LogP contribution in [0.4, 0.5) is 15.8 Å². The Hall–Kier alpha value is -4.89. The molecular formula is C36H26Cl2FN3O3S. The largest absolute Gasteiger partial charge is 0.325 e. The van der Waals surface area contributed by atoms with Crippen LogP contribution in [0.3, 0.4) is 0 Å². The number of carbonyl (C=O) groups is 3. The highest BCUT2D eigenvalue weighted by Gasteiger charge is 2.23. The maximum atomic E-state index is 13.5. The maximum Gasteiger partial charge on any atom is 0.272 e. The van der Waals surface area contributed by atoms with Crippen molar-refractivity contribution in [3.05, 3.63) is 166 Å². The van der Waals surface area contributed by atoms with E-state index in [0.29, 0.717) is 32.5 Å². The lowest BCUT2D eigenvalue weighted by Crippen LogP contribution is -2.30. The molecule has 1 unspecified atom stereocenters. The number of halogens is 3. The van der Waals surface area contributed by atoms with Crippen LogP contribution in [0, 0.1) is 5.82 Å². The fourth-order valence-electron chi connectivity index (χ4n) is 4.30. The van der Waals surface area contributed by atoms with E-state index < -0.39 is 22.9 Å². The zero-order valence-corrected chi connectivity index (χ0v) is 26.4. The van der Waals surface area contributed by atoms with E-state index in [0.717, 1.165) is 10.5 Å². The van der Waals surface area contributed by atoms with E-state index in [-0.39, 0.29) is 11.6 Å². The number of hydrogen-bond acceptors (Lipinski definition) is 4. The first-order chi connectivity index (χ1) is 22.2. The number of anilines is 2. The van der Waals surface area contributed by atoms with E-state index in [1.54, 1.807) is 72.8 Å². The van der Waals surface area contributed by atoms with Gasteiger partial charge in [-0.05, 0) is 83.9 Å². The van der Waals surface area contributed by atoms with Gasteiger partial charge in [0.1, 0.15) is 16.8 Å². The van der Waals surface area contributed by atoms with E-state index in [1.807, 2.05) is 30.3 Å². The second-order valence-corrected chi connectivity index (χ2v) is 11.9. The molecule has 0 saturated heterocycles. The molecule has 3 N–H and O–H groups in total. The van der Waals surface area contributed by atoms with Crippen LogP contribution < -0.4 is 16.0 Å². The summed E-state index contributed by atoms with van der Waals surface area (Å²) in [5.41, 5.74) is 2.65. The van der Waals surface area contributed by atoms with Crippen molar-refractivity contribution >= 4 is 70.1 Å². The van der Waals surface area contributed by atoms with Crippen molar-refractivity contribution in [3.63, 3.8) is 0 Å². The van der Waals surface area contributed by atoms with Crippen molar-refractivity contribution in [1.29, 1.82) is 0 Å². The van der Waals surface area contributed by atoms with Crippen LogP contribution in [0.25, 0.3) is 6.08 Å². The van der Waals surface area contributed by atoms with Gasteiger partial charge in [0.05, 0.1) is 10.0 Å². The lowest BCUT2D eigenvalue weighted by atomic mass is 10.1. The number of thioether (sulfide) groups is 1. The first-order valence-corrected chi connectivity index (χ1v) is 15.6. The van der Waals surface area contributed by atoms with Crippen LogP contribution in [0.15, 0.2) is 138 Å². The van der Waals surface area contributed by atoms with Crippen molar-refractivity contribution in [2.24, 2.45) is 0 Å².